The standard InChI is InChI=1S/C14H8F3N3O3/c15-14(16,17)13-19-12(20-23-13)9-3-1-8(2-4-9)5-11-18-10(6-21)7-22-11/h1-4,6-7H,5H2. The smallest absolute Gasteiger partial charge is 0.448 e. The van der Waals surface area contributed by atoms with Gasteiger partial charge in [0.1, 0.15) is 12.0 Å². The Hall–Kier alpha value is -2.97. The fourth-order valence-corrected chi connectivity index (χ4v) is 1.86. The van der Waals surface area contributed by atoms with Gasteiger partial charge in [-0.2, -0.15) is 18.2 Å². The number of rotatable bonds is 4. The fraction of sp³-hybridized carbons (Fsp3) is 0.143. The van der Waals surface area contributed by atoms with Crippen molar-refractivity contribution in [2.45, 2.75) is 12.6 Å². The SMILES string of the molecule is O=Cc1coc(Cc2ccc(-c3noc(C(F)(F)F)n3)cc2)n1. The Morgan fingerprint density at radius 3 is 2.43 bits per heavy atom. The van der Waals surface area contributed by atoms with Gasteiger partial charge in [0, 0.05) is 12.0 Å². The largest absolute Gasteiger partial charge is 0.471 e. The van der Waals surface area contributed by atoms with Crippen molar-refractivity contribution in [1.29, 1.82) is 0 Å². The Morgan fingerprint density at radius 2 is 1.87 bits per heavy atom. The van der Waals surface area contributed by atoms with Gasteiger partial charge in [0.2, 0.25) is 5.82 Å². The average Bonchev–Trinajstić information content (AvgIpc) is 3.16. The third-order valence-corrected chi connectivity index (χ3v) is 2.93. The molecule has 0 N–H and O–H groups in total. The molecule has 0 fully saturated rings. The van der Waals surface area contributed by atoms with Crippen LogP contribution < -0.4 is 0 Å². The molecule has 3 rings (SSSR count). The van der Waals surface area contributed by atoms with E-state index < -0.39 is 12.1 Å². The number of oxazole rings is 1. The molecule has 0 unspecified atom stereocenters. The predicted octanol–water partition coefficient (Wildman–Crippen LogP) is 3.15. The van der Waals surface area contributed by atoms with Crippen LogP contribution in [0.3, 0.4) is 0 Å². The van der Waals surface area contributed by atoms with Crippen LogP contribution in [0.1, 0.15) is 27.8 Å². The van der Waals surface area contributed by atoms with Crippen molar-refractivity contribution in [3.63, 3.8) is 0 Å². The monoisotopic (exact) mass is 323 g/mol. The lowest BCUT2D eigenvalue weighted by Crippen LogP contribution is -2.04. The molecule has 23 heavy (non-hydrogen) atoms. The summed E-state index contributed by atoms with van der Waals surface area (Å²) in [5.41, 5.74) is 1.38. The van der Waals surface area contributed by atoms with Crippen molar-refractivity contribution in [3.8, 4) is 11.4 Å². The van der Waals surface area contributed by atoms with E-state index in [0.29, 0.717) is 24.2 Å². The fourth-order valence-electron chi connectivity index (χ4n) is 1.86. The molecule has 0 aliphatic rings. The molecule has 0 aliphatic carbocycles. The number of alkyl halides is 3. The average molecular weight is 323 g/mol. The maximum absolute atomic E-state index is 12.4. The molecular formula is C14H8F3N3O3. The first-order valence-electron chi connectivity index (χ1n) is 6.35. The third kappa shape index (κ3) is 3.28. The van der Waals surface area contributed by atoms with Crippen molar-refractivity contribution < 1.29 is 26.9 Å². The number of benzene rings is 1. The Morgan fingerprint density at radius 1 is 1.13 bits per heavy atom. The van der Waals surface area contributed by atoms with E-state index in [4.69, 9.17) is 4.42 Å². The van der Waals surface area contributed by atoms with Crippen LogP contribution in [-0.4, -0.2) is 21.4 Å². The van der Waals surface area contributed by atoms with Gasteiger partial charge < -0.3 is 8.94 Å². The van der Waals surface area contributed by atoms with Crippen LogP contribution in [0.15, 0.2) is 39.5 Å². The van der Waals surface area contributed by atoms with Crippen LogP contribution in [0.25, 0.3) is 11.4 Å². The Balaban J connectivity index is 1.76. The second kappa shape index (κ2) is 5.67. The summed E-state index contributed by atoms with van der Waals surface area (Å²) >= 11 is 0. The molecule has 0 bridgehead atoms. The molecule has 0 saturated heterocycles. The van der Waals surface area contributed by atoms with Gasteiger partial charge in [-0.25, -0.2) is 4.98 Å². The zero-order chi connectivity index (χ0) is 16.4. The number of halogens is 3. The number of hydrogen-bond acceptors (Lipinski definition) is 6. The maximum atomic E-state index is 12.4. The molecular weight excluding hydrogens is 315 g/mol. The van der Waals surface area contributed by atoms with E-state index in [-0.39, 0.29) is 11.5 Å². The zero-order valence-corrected chi connectivity index (χ0v) is 11.4. The molecule has 118 valence electrons. The van der Waals surface area contributed by atoms with Crippen LogP contribution >= 0.6 is 0 Å². The van der Waals surface area contributed by atoms with Gasteiger partial charge in [0.15, 0.2) is 12.2 Å². The summed E-state index contributed by atoms with van der Waals surface area (Å²) < 4.78 is 46.5. The van der Waals surface area contributed by atoms with Crippen LogP contribution in [-0.2, 0) is 12.6 Å². The molecule has 2 aromatic heterocycles. The molecule has 2 heterocycles. The lowest BCUT2D eigenvalue weighted by molar-refractivity contribution is -0.159. The highest BCUT2D eigenvalue weighted by atomic mass is 19.4. The molecule has 0 spiro atoms. The topological polar surface area (TPSA) is 82.0 Å². The van der Waals surface area contributed by atoms with Gasteiger partial charge in [-0.3, -0.25) is 4.79 Å². The summed E-state index contributed by atoms with van der Waals surface area (Å²) in [4.78, 5) is 17.8. The number of carbonyl (C=O) groups is 1. The second-order valence-corrected chi connectivity index (χ2v) is 4.58. The summed E-state index contributed by atoms with van der Waals surface area (Å²) in [6.45, 7) is 0. The van der Waals surface area contributed by atoms with E-state index >= 15 is 0 Å². The lowest BCUT2D eigenvalue weighted by Gasteiger charge is -1.99. The molecule has 0 atom stereocenters. The van der Waals surface area contributed by atoms with E-state index in [0.717, 1.165) is 5.56 Å². The molecule has 3 aromatic rings. The number of aldehydes is 1. The van der Waals surface area contributed by atoms with Gasteiger partial charge in [-0.15, -0.1) is 0 Å². The second-order valence-electron chi connectivity index (χ2n) is 4.58. The van der Waals surface area contributed by atoms with Crippen molar-refractivity contribution in [3.05, 3.63) is 53.6 Å². The van der Waals surface area contributed by atoms with Gasteiger partial charge in [0.05, 0.1) is 0 Å². The van der Waals surface area contributed by atoms with Crippen LogP contribution in [0.2, 0.25) is 0 Å². The van der Waals surface area contributed by atoms with Crippen molar-refractivity contribution in [1.82, 2.24) is 15.1 Å². The highest BCUT2D eigenvalue weighted by Crippen LogP contribution is 2.29. The molecule has 9 heteroatoms. The predicted molar refractivity (Wildman–Crippen MR) is 69.4 cm³/mol. The molecule has 0 radical (unpaired) electrons. The van der Waals surface area contributed by atoms with E-state index in [1.54, 1.807) is 24.3 Å². The van der Waals surface area contributed by atoms with Gasteiger partial charge in [0.25, 0.3) is 0 Å². The Bertz CT molecular complexity index is 822. The summed E-state index contributed by atoms with van der Waals surface area (Å²) in [7, 11) is 0. The van der Waals surface area contributed by atoms with E-state index in [1.165, 1.54) is 6.26 Å². The van der Waals surface area contributed by atoms with E-state index in [9.17, 15) is 18.0 Å². The van der Waals surface area contributed by atoms with Crippen LogP contribution in [0.5, 0.6) is 0 Å². The van der Waals surface area contributed by atoms with E-state index in [1.807, 2.05) is 0 Å². The maximum Gasteiger partial charge on any atom is 0.471 e. The molecule has 0 saturated carbocycles. The first-order chi connectivity index (χ1) is 11.0. The van der Waals surface area contributed by atoms with Gasteiger partial charge >= 0.3 is 12.1 Å². The third-order valence-electron chi connectivity index (χ3n) is 2.93. The minimum atomic E-state index is -4.67. The number of nitrogens with zero attached hydrogens (tertiary/aromatic N) is 3. The number of carbonyl (C=O) groups excluding carboxylic acids is 1. The van der Waals surface area contributed by atoms with Crippen molar-refractivity contribution in [2.75, 3.05) is 0 Å². The molecule has 0 amide bonds. The zero-order valence-electron chi connectivity index (χ0n) is 11.4. The number of hydrogen-bond donors (Lipinski definition) is 0. The molecule has 0 aliphatic heterocycles. The first-order valence-corrected chi connectivity index (χ1v) is 6.35. The van der Waals surface area contributed by atoms with Gasteiger partial charge in [-0.1, -0.05) is 29.4 Å². The Labute approximate surface area is 126 Å². The summed E-state index contributed by atoms with van der Waals surface area (Å²) in [5.74, 6) is -1.18. The molecule has 6 nitrogen and oxygen atoms in total. The number of aromatic nitrogens is 3. The van der Waals surface area contributed by atoms with Crippen LogP contribution in [0, 0.1) is 0 Å². The highest BCUT2D eigenvalue weighted by molar-refractivity contribution is 5.70. The Kier molecular flexibility index (Phi) is 3.68. The van der Waals surface area contributed by atoms with Crippen molar-refractivity contribution >= 4 is 6.29 Å². The minimum absolute atomic E-state index is 0.150. The van der Waals surface area contributed by atoms with Gasteiger partial charge in [-0.05, 0) is 5.56 Å². The first kappa shape index (κ1) is 14.9. The van der Waals surface area contributed by atoms with Crippen molar-refractivity contribution in [2.24, 2.45) is 0 Å². The van der Waals surface area contributed by atoms with Crippen LogP contribution in [0.4, 0.5) is 13.2 Å². The summed E-state index contributed by atoms with van der Waals surface area (Å²) in [6, 6.07) is 6.46. The minimum Gasteiger partial charge on any atom is -0.448 e. The quantitative estimate of drug-likeness (QED) is 0.686. The summed E-state index contributed by atoms with van der Waals surface area (Å²) in [6.07, 6.45) is -2.51. The van der Waals surface area contributed by atoms with E-state index in [2.05, 4.69) is 19.6 Å². The lowest BCUT2D eigenvalue weighted by atomic mass is 10.1. The normalized spacial score (nSPS) is 11.6. The summed E-state index contributed by atoms with van der Waals surface area (Å²) in [5, 5.41) is 3.31. The highest BCUT2D eigenvalue weighted by Gasteiger charge is 2.38. The molecule has 1 aromatic carbocycles.